The van der Waals surface area contributed by atoms with Crippen LogP contribution in [0.4, 0.5) is 17.2 Å². The van der Waals surface area contributed by atoms with Crippen molar-refractivity contribution in [3.63, 3.8) is 0 Å². The highest BCUT2D eigenvalue weighted by Gasteiger charge is 2.18. The maximum Gasteiger partial charge on any atom is 0.171 e. The van der Waals surface area contributed by atoms with Crippen LogP contribution < -0.4 is 27.1 Å². The van der Waals surface area contributed by atoms with Crippen LogP contribution in [-0.4, -0.2) is 17.2 Å². The zero-order chi connectivity index (χ0) is 21.8. The van der Waals surface area contributed by atoms with Crippen LogP contribution in [0, 0.1) is 16.7 Å². The normalized spacial score (nSPS) is 10.3. The average Bonchev–Trinajstić information content (AvgIpc) is 2.70. The molecule has 0 spiro atoms. The lowest BCUT2D eigenvalue weighted by Crippen LogP contribution is -2.37. The third-order valence-corrected chi connectivity index (χ3v) is 4.66. The fourth-order valence-corrected chi connectivity index (χ4v) is 3.16. The van der Waals surface area contributed by atoms with E-state index in [4.69, 9.17) is 55.9 Å². The summed E-state index contributed by atoms with van der Waals surface area (Å²) in [6, 6.07) is 13.1. The van der Waals surface area contributed by atoms with Crippen LogP contribution in [0.15, 0.2) is 48.7 Å². The van der Waals surface area contributed by atoms with Crippen molar-refractivity contribution < 1.29 is 4.74 Å². The van der Waals surface area contributed by atoms with E-state index in [9.17, 15) is 0 Å². The molecule has 3 rings (SSSR count). The lowest BCUT2D eigenvalue weighted by molar-refractivity contribution is 0.485. The van der Waals surface area contributed by atoms with Crippen LogP contribution in [0.5, 0.6) is 11.5 Å². The minimum absolute atomic E-state index is 0.0108. The monoisotopic (exact) mass is 441 g/mol. The number of hydrazine groups is 1. The van der Waals surface area contributed by atoms with Gasteiger partial charge in [0.2, 0.25) is 0 Å². The number of nitriles is 1. The smallest absolute Gasteiger partial charge is 0.171 e. The summed E-state index contributed by atoms with van der Waals surface area (Å²) in [4.78, 5) is 3.97. The van der Waals surface area contributed by atoms with Gasteiger partial charge in [-0.05, 0) is 42.5 Å². The van der Waals surface area contributed by atoms with Gasteiger partial charge in [0.25, 0.3) is 0 Å². The van der Waals surface area contributed by atoms with Crippen molar-refractivity contribution in [1.29, 1.82) is 10.7 Å². The first-order chi connectivity index (χ1) is 14.3. The number of benzene rings is 2. The molecule has 1 heterocycles. The molecule has 0 aliphatic heterocycles. The van der Waals surface area contributed by atoms with E-state index in [0.717, 1.165) is 0 Å². The van der Waals surface area contributed by atoms with Crippen LogP contribution >= 0.6 is 23.2 Å². The molecule has 7 N–H and O–H groups in total. The Bertz CT molecular complexity index is 1160. The number of nitrogens with two attached hydrogens (primary N) is 3. The van der Waals surface area contributed by atoms with Crippen molar-refractivity contribution in [2.45, 2.75) is 0 Å². The molecule has 8 nitrogen and oxygen atoms in total. The Hall–Kier alpha value is -3.51. The topological polar surface area (TPSA) is 151 Å². The quantitative estimate of drug-likeness (QED) is 0.195. The summed E-state index contributed by atoms with van der Waals surface area (Å²) in [5, 5.41) is 19.2. The first-order valence-electron chi connectivity index (χ1n) is 8.57. The number of aromatic nitrogens is 1. The molecule has 0 aliphatic rings. The van der Waals surface area contributed by atoms with E-state index in [0.29, 0.717) is 27.6 Å². The van der Waals surface area contributed by atoms with E-state index in [1.54, 1.807) is 30.5 Å². The maximum absolute atomic E-state index is 9.10. The van der Waals surface area contributed by atoms with Gasteiger partial charge >= 0.3 is 0 Å². The Balaban J connectivity index is 1.89. The molecule has 152 valence electrons. The fourth-order valence-electron chi connectivity index (χ4n) is 2.73. The number of nitrogen functional groups attached to an aromatic ring is 2. The van der Waals surface area contributed by atoms with Gasteiger partial charge < -0.3 is 26.6 Å². The predicted octanol–water partition coefficient (Wildman–Crippen LogP) is 3.96. The van der Waals surface area contributed by atoms with E-state index in [1.807, 2.05) is 6.07 Å². The highest BCUT2D eigenvalue weighted by molar-refractivity contribution is 6.33. The Morgan fingerprint density at radius 3 is 2.67 bits per heavy atom. The van der Waals surface area contributed by atoms with Gasteiger partial charge in [0.05, 0.1) is 34.6 Å². The number of rotatable bonds is 6. The van der Waals surface area contributed by atoms with E-state index < -0.39 is 0 Å². The van der Waals surface area contributed by atoms with Gasteiger partial charge in [-0.1, -0.05) is 23.2 Å². The van der Waals surface area contributed by atoms with Gasteiger partial charge in [-0.2, -0.15) is 5.26 Å². The van der Waals surface area contributed by atoms with Crippen LogP contribution in [-0.2, 0) is 0 Å². The number of nitrogens with zero attached hydrogens (tertiary/aromatic N) is 3. The van der Waals surface area contributed by atoms with Gasteiger partial charge in [-0.15, -0.1) is 0 Å². The van der Waals surface area contributed by atoms with Gasteiger partial charge in [-0.25, -0.2) is 10.8 Å². The minimum atomic E-state index is 0.0108. The van der Waals surface area contributed by atoms with Crippen molar-refractivity contribution in [1.82, 2.24) is 4.98 Å². The van der Waals surface area contributed by atoms with Crippen LogP contribution in [0.1, 0.15) is 11.1 Å². The number of nitrogens with one attached hydrogen (secondary N) is 1. The minimum Gasteiger partial charge on any atom is -0.453 e. The number of anilines is 3. The standard InChI is InChI=1S/C20H17Cl2N7O/c21-12-6-11(9-23)7-13(8-12)30-19-15(22)3-4-17(18(19)25)29(27)10-16(24)14-2-1-5-28-20(14)26/h1-8,24H,10,25,27H2,(H2,26,28). The Morgan fingerprint density at radius 2 is 1.97 bits per heavy atom. The molecule has 0 bridgehead atoms. The summed E-state index contributed by atoms with van der Waals surface area (Å²) < 4.78 is 5.80. The summed E-state index contributed by atoms with van der Waals surface area (Å²) >= 11 is 12.3. The number of hydrogen-bond acceptors (Lipinski definition) is 8. The molecule has 0 aliphatic carbocycles. The molecule has 0 radical (unpaired) electrons. The highest BCUT2D eigenvalue weighted by atomic mass is 35.5. The molecular weight excluding hydrogens is 425 g/mol. The number of ether oxygens (including phenoxy) is 1. The molecule has 0 unspecified atom stereocenters. The van der Waals surface area contributed by atoms with Gasteiger partial charge in [0.15, 0.2) is 5.75 Å². The number of pyridine rings is 1. The summed E-state index contributed by atoms with van der Waals surface area (Å²) in [6.45, 7) is 0.0108. The van der Waals surface area contributed by atoms with Crippen molar-refractivity contribution in [3.05, 3.63) is 69.8 Å². The molecule has 10 heteroatoms. The Kier molecular flexibility index (Phi) is 6.28. The lowest BCUT2D eigenvalue weighted by Gasteiger charge is -2.23. The number of hydrogen-bond donors (Lipinski definition) is 4. The van der Waals surface area contributed by atoms with E-state index >= 15 is 0 Å². The second kappa shape index (κ2) is 8.88. The third-order valence-electron chi connectivity index (χ3n) is 4.15. The largest absolute Gasteiger partial charge is 0.453 e. The van der Waals surface area contributed by atoms with Crippen molar-refractivity contribution >= 4 is 46.1 Å². The summed E-state index contributed by atoms with van der Waals surface area (Å²) in [7, 11) is 0. The van der Waals surface area contributed by atoms with Crippen molar-refractivity contribution in [2.75, 3.05) is 23.0 Å². The molecule has 2 aromatic carbocycles. The molecule has 0 amide bonds. The molecule has 1 aromatic heterocycles. The third kappa shape index (κ3) is 4.55. The fraction of sp³-hybridized carbons (Fsp3) is 0.0500. The van der Waals surface area contributed by atoms with Crippen LogP contribution in [0.25, 0.3) is 0 Å². The molecule has 0 saturated heterocycles. The molecule has 0 atom stereocenters. The average molecular weight is 442 g/mol. The molecule has 30 heavy (non-hydrogen) atoms. The molecule has 0 fully saturated rings. The van der Waals surface area contributed by atoms with Gasteiger partial charge in [0, 0.05) is 16.8 Å². The van der Waals surface area contributed by atoms with Crippen molar-refractivity contribution in [3.8, 4) is 17.6 Å². The number of halogens is 2. The molecular formula is C20H17Cl2N7O. The highest BCUT2D eigenvalue weighted by Crippen LogP contribution is 2.41. The predicted molar refractivity (Wildman–Crippen MR) is 119 cm³/mol. The van der Waals surface area contributed by atoms with Crippen molar-refractivity contribution in [2.24, 2.45) is 5.84 Å². The SMILES string of the molecule is N#Cc1cc(Cl)cc(Oc2c(Cl)ccc(N(N)CC(=N)c3cccnc3N)c2N)c1. The second-order valence-electron chi connectivity index (χ2n) is 6.24. The van der Waals surface area contributed by atoms with Crippen LogP contribution in [0.3, 0.4) is 0 Å². The molecule has 0 saturated carbocycles. The molecule has 3 aromatic rings. The van der Waals surface area contributed by atoms with E-state index in [-0.39, 0.29) is 34.5 Å². The Labute approximate surface area is 182 Å². The van der Waals surface area contributed by atoms with Gasteiger partial charge in [-0.3, -0.25) is 0 Å². The van der Waals surface area contributed by atoms with E-state index in [1.165, 1.54) is 23.2 Å². The van der Waals surface area contributed by atoms with Crippen LogP contribution in [0.2, 0.25) is 10.0 Å². The summed E-state index contributed by atoms with van der Waals surface area (Å²) in [5.74, 6) is 6.84. The summed E-state index contributed by atoms with van der Waals surface area (Å²) in [5.41, 5.74) is 13.6. The maximum atomic E-state index is 9.10. The summed E-state index contributed by atoms with van der Waals surface area (Å²) in [6.07, 6.45) is 1.54. The Morgan fingerprint density at radius 1 is 1.20 bits per heavy atom. The zero-order valence-corrected chi connectivity index (χ0v) is 17.1. The first kappa shape index (κ1) is 21.2. The second-order valence-corrected chi connectivity index (χ2v) is 7.09. The van der Waals surface area contributed by atoms with E-state index in [2.05, 4.69) is 4.98 Å². The first-order valence-corrected chi connectivity index (χ1v) is 9.32. The zero-order valence-electron chi connectivity index (χ0n) is 15.6. The van der Waals surface area contributed by atoms with Gasteiger partial charge in [0.1, 0.15) is 17.3 Å². The lowest BCUT2D eigenvalue weighted by atomic mass is 10.1.